The maximum atomic E-state index is 12.7. The number of benzene rings is 2. The molecule has 2 aliphatic heterocycles. The summed E-state index contributed by atoms with van der Waals surface area (Å²) in [7, 11) is -3.14. The molecule has 2 fully saturated rings. The van der Waals surface area contributed by atoms with Crippen LogP contribution in [0.4, 0.5) is 11.4 Å². The fourth-order valence-corrected chi connectivity index (χ4v) is 8.41. The van der Waals surface area contributed by atoms with Crippen LogP contribution in [0.3, 0.4) is 0 Å². The SMILES string of the molecule is CCN(CC)c1ccc(N2C(=NC(=O)COc3ccc(Cl)cc3)S[C@H]3CS(=O)(=O)C[C@H]32)c(C)c1. The number of amides is 1. The third kappa shape index (κ3) is 5.37. The van der Waals surface area contributed by atoms with Crippen LogP contribution in [-0.2, 0) is 14.6 Å². The molecule has 0 unspecified atom stereocenters. The molecule has 0 bridgehead atoms. The van der Waals surface area contributed by atoms with E-state index in [0.717, 1.165) is 30.0 Å². The summed E-state index contributed by atoms with van der Waals surface area (Å²) in [6, 6.07) is 12.7. The molecule has 0 radical (unpaired) electrons. The van der Waals surface area contributed by atoms with Gasteiger partial charge in [-0.05, 0) is 68.8 Å². The lowest BCUT2D eigenvalue weighted by molar-refractivity contribution is -0.119. The van der Waals surface area contributed by atoms with Crippen LogP contribution < -0.4 is 14.5 Å². The molecule has 34 heavy (non-hydrogen) atoms. The van der Waals surface area contributed by atoms with Gasteiger partial charge in [0.1, 0.15) is 5.75 Å². The Bertz CT molecular complexity index is 1200. The Morgan fingerprint density at radius 3 is 2.53 bits per heavy atom. The Balaban J connectivity index is 1.60. The summed E-state index contributed by atoms with van der Waals surface area (Å²) in [6.07, 6.45) is 0. The number of amidine groups is 1. The number of sulfone groups is 1. The molecule has 0 aromatic heterocycles. The average molecular weight is 522 g/mol. The van der Waals surface area contributed by atoms with Crippen molar-refractivity contribution in [2.45, 2.75) is 32.1 Å². The van der Waals surface area contributed by atoms with Gasteiger partial charge in [0.05, 0.1) is 17.5 Å². The van der Waals surface area contributed by atoms with Crippen molar-refractivity contribution < 1.29 is 17.9 Å². The van der Waals surface area contributed by atoms with E-state index < -0.39 is 15.7 Å². The molecule has 2 saturated heterocycles. The smallest absolute Gasteiger partial charge is 0.285 e. The molecular weight excluding hydrogens is 494 g/mol. The van der Waals surface area contributed by atoms with Gasteiger partial charge in [-0.3, -0.25) is 4.79 Å². The Hall–Kier alpha value is -2.23. The average Bonchev–Trinajstić information content (AvgIpc) is 3.25. The van der Waals surface area contributed by atoms with E-state index in [1.54, 1.807) is 24.3 Å². The fraction of sp³-hybridized carbons (Fsp3) is 0.417. The van der Waals surface area contributed by atoms with E-state index in [1.165, 1.54) is 11.8 Å². The highest BCUT2D eigenvalue weighted by Crippen LogP contribution is 2.42. The van der Waals surface area contributed by atoms with Crippen molar-refractivity contribution in [2.75, 3.05) is 41.0 Å². The largest absolute Gasteiger partial charge is 0.484 e. The van der Waals surface area contributed by atoms with Gasteiger partial charge in [0.15, 0.2) is 21.6 Å². The van der Waals surface area contributed by atoms with Gasteiger partial charge in [-0.15, -0.1) is 0 Å². The van der Waals surface area contributed by atoms with E-state index >= 15 is 0 Å². The molecule has 0 N–H and O–H groups in total. The number of nitrogens with zero attached hydrogens (tertiary/aromatic N) is 3. The minimum absolute atomic E-state index is 0.0520. The summed E-state index contributed by atoms with van der Waals surface area (Å²) >= 11 is 7.25. The lowest BCUT2D eigenvalue weighted by Gasteiger charge is -2.28. The van der Waals surface area contributed by atoms with Gasteiger partial charge in [0.2, 0.25) is 0 Å². The summed E-state index contributed by atoms with van der Waals surface area (Å²) in [5.41, 5.74) is 2.99. The number of hydrogen-bond donors (Lipinski definition) is 0. The van der Waals surface area contributed by atoms with Crippen molar-refractivity contribution in [1.29, 1.82) is 0 Å². The number of anilines is 2. The molecule has 2 atom stereocenters. The molecule has 10 heteroatoms. The highest BCUT2D eigenvalue weighted by molar-refractivity contribution is 8.16. The number of halogens is 1. The maximum Gasteiger partial charge on any atom is 0.285 e. The summed E-state index contributed by atoms with van der Waals surface area (Å²) < 4.78 is 30.3. The van der Waals surface area contributed by atoms with E-state index in [0.29, 0.717) is 15.9 Å². The van der Waals surface area contributed by atoms with Crippen LogP contribution in [0, 0.1) is 6.92 Å². The van der Waals surface area contributed by atoms with Crippen molar-refractivity contribution in [1.82, 2.24) is 0 Å². The first kappa shape index (κ1) is 24.9. The first-order valence-corrected chi connectivity index (χ1v) is 14.3. The van der Waals surface area contributed by atoms with Gasteiger partial charge >= 0.3 is 0 Å². The summed E-state index contributed by atoms with van der Waals surface area (Å²) in [4.78, 5) is 21.2. The van der Waals surface area contributed by atoms with E-state index in [-0.39, 0.29) is 29.4 Å². The summed E-state index contributed by atoms with van der Waals surface area (Å²) in [6.45, 7) is 7.81. The van der Waals surface area contributed by atoms with Crippen LogP contribution in [0.5, 0.6) is 5.75 Å². The summed E-state index contributed by atoms with van der Waals surface area (Å²) in [5, 5.41) is 0.949. The van der Waals surface area contributed by atoms with Crippen LogP contribution in [-0.4, -0.2) is 62.0 Å². The number of aryl methyl sites for hydroxylation is 1. The molecule has 2 aliphatic rings. The second-order valence-corrected chi connectivity index (χ2v) is 12.1. The van der Waals surface area contributed by atoms with Crippen LogP contribution >= 0.6 is 23.4 Å². The van der Waals surface area contributed by atoms with E-state index in [2.05, 4.69) is 29.8 Å². The Morgan fingerprint density at radius 1 is 1.18 bits per heavy atom. The van der Waals surface area contributed by atoms with Crippen molar-refractivity contribution in [3.63, 3.8) is 0 Å². The molecule has 2 aromatic rings. The van der Waals surface area contributed by atoms with Gasteiger partial charge < -0.3 is 14.5 Å². The number of carbonyl (C=O) groups excluding carboxylic acids is 1. The predicted octanol–water partition coefficient (Wildman–Crippen LogP) is 4.18. The molecule has 0 saturated carbocycles. The molecule has 2 aromatic carbocycles. The predicted molar refractivity (Wildman–Crippen MR) is 140 cm³/mol. The number of fused-ring (bicyclic) bond motifs is 1. The standard InChI is InChI=1S/C24H28ClN3O4S2/c1-4-27(5-2)18-8-11-20(16(3)12-18)28-21-14-34(30,31)15-22(21)33-24(28)26-23(29)13-32-19-9-6-17(25)7-10-19/h6-12,21-22H,4-5,13-15H2,1-3H3/t21-,22+/m1/s1. The van der Waals surface area contributed by atoms with Crippen molar-refractivity contribution in [2.24, 2.45) is 4.99 Å². The first-order chi connectivity index (χ1) is 16.2. The molecule has 2 heterocycles. The van der Waals surface area contributed by atoms with Crippen LogP contribution in [0.25, 0.3) is 0 Å². The second-order valence-electron chi connectivity index (χ2n) is 8.34. The second kappa shape index (κ2) is 10.2. The number of carbonyl (C=O) groups is 1. The van der Waals surface area contributed by atoms with Gasteiger partial charge in [0.25, 0.3) is 5.91 Å². The van der Waals surface area contributed by atoms with Gasteiger partial charge in [0, 0.05) is 34.7 Å². The first-order valence-electron chi connectivity index (χ1n) is 11.2. The van der Waals surface area contributed by atoms with Crippen molar-refractivity contribution >= 4 is 55.6 Å². The third-order valence-electron chi connectivity index (χ3n) is 6.03. The minimum atomic E-state index is -3.14. The van der Waals surface area contributed by atoms with Gasteiger partial charge in [-0.2, -0.15) is 4.99 Å². The van der Waals surface area contributed by atoms with Crippen LogP contribution in [0.1, 0.15) is 19.4 Å². The molecule has 0 spiro atoms. The Morgan fingerprint density at radius 2 is 1.88 bits per heavy atom. The number of hydrogen-bond acceptors (Lipinski definition) is 6. The lowest BCUT2D eigenvalue weighted by atomic mass is 10.1. The summed E-state index contributed by atoms with van der Waals surface area (Å²) in [5.74, 6) is 0.239. The number of ether oxygens (including phenoxy) is 1. The monoisotopic (exact) mass is 521 g/mol. The zero-order chi connectivity index (χ0) is 24.5. The normalized spacial score (nSPS) is 22.1. The zero-order valence-electron chi connectivity index (χ0n) is 19.4. The quantitative estimate of drug-likeness (QED) is 0.541. The van der Waals surface area contributed by atoms with Crippen LogP contribution in [0.15, 0.2) is 47.5 Å². The fourth-order valence-electron chi connectivity index (χ4n) is 4.36. The zero-order valence-corrected chi connectivity index (χ0v) is 21.8. The van der Waals surface area contributed by atoms with Gasteiger partial charge in [-0.1, -0.05) is 23.4 Å². The van der Waals surface area contributed by atoms with E-state index in [9.17, 15) is 13.2 Å². The number of aliphatic imine (C=N–C) groups is 1. The molecule has 4 rings (SSSR count). The van der Waals surface area contributed by atoms with Gasteiger partial charge in [-0.25, -0.2) is 8.42 Å². The topological polar surface area (TPSA) is 79.3 Å². The number of rotatable bonds is 7. The Labute approximate surface area is 210 Å². The molecule has 0 aliphatic carbocycles. The highest BCUT2D eigenvalue weighted by Gasteiger charge is 2.49. The van der Waals surface area contributed by atoms with E-state index in [4.69, 9.17) is 16.3 Å². The highest BCUT2D eigenvalue weighted by atomic mass is 35.5. The number of thioether (sulfide) groups is 1. The molecular formula is C24H28ClN3O4S2. The van der Waals surface area contributed by atoms with Crippen molar-refractivity contribution in [3.8, 4) is 5.75 Å². The molecule has 7 nitrogen and oxygen atoms in total. The molecule has 1 amide bonds. The maximum absolute atomic E-state index is 12.7. The third-order valence-corrected chi connectivity index (χ3v) is 9.49. The lowest BCUT2D eigenvalue weighted by Crippen LogP contribution is -2.38. The van der Waals surface area contributed by atoms with Crippen LogP contribution in [0.2, 0.25) is 5.02 Å². The van der Waals surface area contributed by atoms with E-state index in [1.807, 2.05) is 24.0 Å². The molecule has 182 valence electrons. The van der Waals surface area contributed by atoms with Crippen molar-refractivity contribution in [3.05, 3.63) is 53.1 Å². The minimum Gasteiger partial charge on any atom is -0.484 e. The Kier molecular flexibility index (Phi) is 7.45.